The smallest absolute Gasteiger partial charge is 0.323 e. The average molecular weight is 229 g/mol. The molecule has 0 saturated carbocycles. The van der Waals surface area contributed by atoms with Gasteiger partial charge in [0, 0.05) is 12.2 Å². The third-order valence-electron chi connectivity index (χ3n) is 3.19. The zero-order valence-corrected chi connectivity index (χ0v) is 9.71. The molecule has 4 nitrogen and oxygen atoms in total. The number of fused-ring (bicyclic) bond motifs is 1. The summed E-state index contributed by atoms with van der Waals surface area (Å²) in [5, 5.41) is 3.42. The van der Waals surface area contributed by atoms with Crippen LogP contribution in [0.2, 0.25) is 0 Å². The molecule has 4 heteroatoms. The van der Waals surface area contributed by atoms with E-state index in [1.807, 2.05) is 18.2 Å². The monoisotopic (exact) mass is 229 g/mol. The van der Waals surface area contributed by atoms with E-state index >= 15 is 0 Å². The van der Waals surface area contributed by atoms with Crippen molar-refractivity contribution in [2.24, 2.45) is 5.92 Å². The van der Waals surface area contributed by atoms with Crippen molar-refractivity contribution in [3.8, 4) is 0 Å². The Balaban J connectivity index is 2.03. The number of aromatic nitrogens is 2. The molecule has 0 amide bonds. The van der Waals surface area contributed by atoms with Crippen molar-refractivity contribution in [3.05, 3.63) is 40.3 Å². The van der Waals surface area contributed by atoms with Crippen LogP contribution in [-0.2, 0) is 0 Å². The highest BCUT2D eigenvalue weighted by molar-refractivity contribution is 5.80. The molecule has 1 aliphatic heterocycles. The molecule has 0 spiro atoms. The number of hydrogen-bond donors (Lipinski definition) is 3. The minimum Gasteiger partial charge on any atom is -0.385 e. The van der Waals surface area contributed by atoms with E-state index in [9.17, 15) is 4.79 Å². The first-order valence-corrected chi connectivity index (χ1v) is 5.89. The number of imidazole rings is 1. The van der Waals surface area contributed by atoms with Crippen LogP contribution in [0.25, 0.3) is 16.7 Å². The molecule has 0 radical (unpaired) electrons. The van der Waals surface area contributed by atoms with Crippen LogP contribution in [0.4, 0.5) is 0 Å². The van der Waals surface area contributed by atoms with Crippen LogP contribution in [0.5, 0.6) is 0 Å². The lowest BCUT2D eigenvalue weighted by molar-refractivity contribution is 0.550. The Morgan fingerprint density at radius 2 is 2.06 bits per heavy atom. The van der Waals surface area contributed by atoms with Crippen LogP contribution < -0.4 is 11.0 Å². The Labute approximate surface area is 98.7 Å². The van der Waals surface area contributed by atoms with Gasteiger partial charge < -0.3 is 15.3 Å². The number of allylic oxidation sites excluding steroid dienone is 1. The molecule has 0 bridgehead atoms. The maximum absolute atomic E-state index is 11.2. The first-order valence-electron chi connectivity index (χ1n) is 5.89. The summed E-state index contributed by atoms with van der Waals surface area (Å²) in [7, 11) is 0. The lowest BCUT2D eigenvalue weighted by Crippen LogP contribution is -2.23. The zero-order chi connectivity index (χ0) is 11.8. The summed E-state index contributed by atoms with van der Waals surface area (Å²) in [6, 6.07) is 5.96. The van der Waals surface area contributed by atoms with Crippen LogP contribution in [0.1, 0.15) is 18.9 Å². The van der Waals surface area contributed by atoms with Gasteiger partial charge in [-0.3, -0.25) is 0 Å². The van der Waals surface area contributed by atoms with E-state index < -0.39 is 0 Å². The van der Waals surface area contributed by atoms with Gasteiger partial charge in [-0.05, 0) is 30.0 Å². The minimum absolute atomic E-state index is 0.156. The van der Waals surface area contributed by atoms with Crippen LogP contribution >= 0.6 is 0 Å². The molecule has 0 saturated heterocycles. The highest BCUT2D eigenvalue weighted by atomic mass is 16.1. The molecule has 1 aromatic heterocycles. The predicted molar refractivity (Wildman–Crippen MR) is 68.7 cm³/mol. The zero-order valence-electron chi connectivity index (χ0n) is 9.71. The number of rotatable bonds is 1. The molecule has 2 heterocycles. The molecule has 3 rings (SSSR count). The molecule has 88 valence electrons. The Hall–Kier alpha value is -1.97. The van der Waals surface area contributed by atoms with E-state index in [4.69, 9.17) is 0 Å². The third kappa shape index (κ3) is 1.86. The molecule has 3 N–H and O–H groups in total. The molecule has 2 aromatic rings. The molecule has 0 fully saturated rings. The molecule has 0 aliphatic carbocycles. The van der Waals surface area contributed by atoms with Crippen molar-refractivity contribution in [2.45, 2.75) is 13.3 Å². The number of benzene rings is 1. The van der Waals surface area contributed by atoms with Gasteiger partial charge in [0.2, 0.25) is 0 Å². The summed E-state index contributed by atoms with van der Waals surface area (Å²) in [4.78, 5) is 16.7. The summed E-state index contributed by atoms with van der Waals surface area (Å²) < 4.78 is 0. The van der Waals surface area contributed by atoms with E-state index in [1.54, 1.807) is 0 Å². The van der Waals surface area contributed by atoms with E-state index in [0.717, 1.165) is 35.3 Å². The van der Waals surface area contributed by atoms with Gasteiger partial charge >= 0.3 is 5.69 Å². The average Bonchev–Trinajstić information content (AvgIpc) is 2.69. The predicted octanol–water partition coefficient (Wildman–Crippen LogP) is 1.83. The first-order chi connectivity index (χ1) is 8.22. The Kier molecular flexibility index (Phi) is 2.28. The number of hydrogen-bond acceptors (Lipinski definition) is 2. The first kappa shape index (κ1) is 10.2. The second-order valence-electron chi connectivity index (χ2n) is 4.68. The molecule has 17 heavy (non-hydrogen) atoms. The molecule has 1 atom stereocenters. The SMILES string of the molecule is CC1CC=C(c2ccc3[nH]c(=O)[nH]c3c2)NC1. The third-order valence-corrected chi connectivity index (χ3v) is 3.19. The Bertz CT molecular complexity index is 635. The second-order valence-corrected chi connectivity index (χ2v) is 4.68. The fraction of sp³-hybridized carbons (Fsp3) is 0.308. The summed E-state index contributed by atoms with van der Waals surface area (Å²) in [5.74, 6) is 0.689. The highest BCUT2D eigenvalue weighted by Gasteiger charge is 2.11. The Morgan fingerprint density at radius 1 is 1.24 bits per heavy atom. The minimum atomic E-state index is -0.156. The van der Waals surface area contributed by atoms with Crippen molar-refractivity contribution >= 4 is 16.7 Å². The van der Waals surface area contributed by atoms with Crippen molar-refractivity contribution < 1.29 is 0 Å². The van der Waals surface area contributed by atoms with Gasteiger partial charge in [0.15, 0.2) is 0 Å². The van der Waals surface area contributed by atoms with Crippen molar-refractivity contribution in [3.63, 3.8) is 0 Å². The van der Waals surface area contributed by atoms with Gasteiger partial charge in [0.05, 0.1) is 11.0 Å². The van der Waals surface area contributed by atoms with Crippen LogP contribution in [0.3, 0.4) is 0 Å². The summed E-state index contributed by atoms with van der Waals surface area (Å²) in [6.07, 6.45) is 3.32. The van der Waals surface area contributed by atoms with Crippen LogP contribution in [0, 0.1) is 5.92 Å². The quantitative estimate of drug-likeness (QED) is 0.698. The van der Waals surface area contributed by atoms with Gasteiger partial charge in [0.1, 0.15) is 0 Å². The van der Waals surface area contributed by atoms with E-state index in [-0.39, 0.29) is 5.69 Å². The van der Waals surface area contributed by atoms with E-state index in [2.05, 4.69) is 28.3 Å². The maximum atomic E-state index is 11.2. The maximum Gasteiger partial charge on any atom is 0.323 e. The van der Waals surface area contributed by atoms with Gasteiger partial charge in [-0.15, -0.1) is 0 Å². The number of aromatic amines is 2. The number of nitrogens with one attached hydrogen (secondary N) is 3. The molecular weight excluding hydrogens is 214 g/mol. The fourth-order valence-corrected chi connectivity index (χ4v) is 2.18. The fourth-order valence-electron chi connectivity index (χ4n) is 2.18. The molecule has 1 aromatic carbocycles. The largest absolute Gasteiger partial charge is 0.385 e. The second kappa shape index (κ2) is 3.80. The molecule has 1 aliphatic rings. The van der Waals surface area contributed by atoms with Crippen molar-refractivity contribution in [2.75, 3.05) is 6.54 Å². The van der Waals surface area contributed by atoms with Gasteiger partial charge in [-0.25, -0.2) is 4.79 Å². The van der Waals surface area contributed by atoms with E-state index in [0.29, 0.717) is 5.92 Å². The summed E-state index contributed by atoms with van der Waals surface area (Å²) in [5.41, 5.74) is 3.83. The van der Waals surface area contributed by atoms with Crippen LogP contribution in [0.15, 0.2) is 29.1 Å². The van der Waals surface area contributed by atoms with Gasteiger partial charge in [0.25, 0.3) is 0 Å². The standard InChI is InChI=1S/C13H15N3O/c1-8-2-4-10(14-7-8)9-3-5-11-12(6-9)16-13(17)15-11/h3-6,8,14H,2,7H2,1H3,(H2,15,16,17). The Morgan fingerprint density at radius 3 is 2.82 bits per heavy atom. The molecular formula is C13H15N3O. The van der Waals surface area contributed by atoms with Crippen LogP contribution in [-0.4, -0.2) is 16.5 Å². The normalized spacial score (nSPS) is 20.1. The summed E-state index contributed by atoms with van der Waals surface area (Å²) in [6.45, 7) is 3.24. The van der Waals surface area contributed by atoms with Crippen molar-refractivity contribution in [1.29, 1.82) is 0 Å². The summed E-state index contributed by atoms with van der Waals surface area (Å²) >= 11 is 0. The van der Waals surface area contributed by atoms with Gasteiger partial charge in [-0.2, -0.15) is 0 Å². The van der Waals surface area contributed by atoms with Crippen molar-refractivity contribution in [1.82, 2.24) is 15.3 Å². The van der Waals surface area contributed by atoms with E-state index in [1.165, 1.54) is 0 Å². The van der Waals surface area contributed by atoms with Gasteiger partial charge in [-0.1, -0.05) is 19.1 Å². The number of H-pyrrole nitrogens is 2. The molecule has 1 unspecified atom stereocenters. The lowest BCUT2D eigenvalue weighted by atomic mass is 10.0. The topological polar surface area (TPSA) is 60.7 Å². The lowest BCUT2D eigenvalue weighted by Gasteiger charge is -2.20. The highest BCUT2D eigenvalue weighted by Crippen LogP contribution is 2.21.